The maximum atomic E-state index is 9.49. The predicted molar refractivity (Wildman–Crippen MR) is 32.2 cm³/mol. The van der Waals surface area contributed by atoms with Crippen molar-refractivity contribution in [2.75, 3.05) is 14.2 Å². The SMILES string of the molecule is COC(=O)OO.COC(=O)OO. The van der Waals surface area contributed by atoms with Gasteiger partial charge in [0.1, 0.15) is 0 Å². The van der Waals surface area contributed by atoms with E-state index in [4.69, 9.17) is 10.5 Å². The van der Waals surface area contributed by atoms with E-state index in [1.807, 2.05) is 0 Å². The number of hydrogen-bond donors (Lipinski definition) is 2. The Morgan fingerprint density at radius 1 is 0.917 bits per heavy atom. The molecular weight excluding hydrogens is 176 g/mol. The molecule has 8 heteroatoms. The minimum absolute atomic E-state index is 1.10. The minimum Gasteiger partial charge on any atom is -0.436 e. The summed E-state index contributed by atoms with van der Waals surface area (Å²) in [4.78, 5) is 25.0. The Morgan fingerprint density at radius 2 is 1.17 bits per heavy atom. The van der Waals surface area contributed by atoms with Gasteiger partial charge in [-0.25, -0.2) is 9.59 Å². The third-order valence-electron chi connectivity index (χ3n) is 0.482. The number of ether oxygens (including phenoxy) is 2. The molecule has 0 amide bonds. The number of methoxy groups -OCH3 is 2. The van der Waals surface area contributed by atoms with E-state index >= 15 is 0 Å². The zero-order valence-electron chi connectivity index (χ0n) is 6.34. The van der Waals surface area contributed by atoms with Crippen molar-refractivity contribution < 1.29 is 39.4 Å². The molecule has 0 aliphatic heterocycles. The van der Waals surface area contributed by atoms with Crippen molar-refractivity contribution in [3.05, 3.63) is 0 Å². The molecule has 0 atom stereocenters. The molecule has 0 heterocycles. The van der Waals surface area contributed by atoms with E-state index in [9.17, 15) is 9.59 Å². The number of carbonyl (C=O) groups excluding carboxylic acids is 2. The van der Waals surface area contributed by atoms with E-state index < -0.39 is 12.3 Å². The first kappa shape index (κ1) is 13.1. The van der Waals surface area contributed by atoms with Crippen LogP contribution >= 0.6 is 0 Å². The highest BCUT2D eigenvalue weighted by atomic mass is 17.2. The summed E-state index contributed by atoms with van der Waals surface area (Å²) in [6.07, 6.45) is -2.20. The van der Waals surface area contributed by atoms with E-state index in [-0.39, 0.29) is 0 Å². The Labute approximate surface area is 67.1 Å². The second-order valence-electron chi connectivity index (χ2n) is 1.09. The highest BCUT2D eigenvalue weighted by Crippen LogP contribution is 1.72. The van der Waals surface area contributed by atoms with Crippen molar-refractivity contribution in [1.82, 2.24) is 0 Å². The van der Waals surface area contributed by atoms with Crippen LogP contribution in [0.5, 0.6) is 0 Å². The van der Waals surface area contributed by atoms with Crippen LogP contribution in [-0.2, 0) is 19.2 Å². The maximum absolute atomic E-state index is 9.49. The van der Waals surface area contributed by atoms with Gasteiger partial charge in [0, 0.05) is 0 Å². The van der Waals surface area contributed by atoms with Crippen LogP contribution < -0.4 is 0 Å². The quantitative estimate of drug-likeness (QED) is 0.317. The second-order valence-corrected chi connectivity index (χ2v) is 1.09. The Morgan fingerprint density at radius 3 is 1.17 bits per heavy atom. The highest BCUT2D eigenvalue weighted by molar-refractivity contribution is 5.58. The van der Waals surface area contributed by atoms with Gasteiger partial charge in [-0.05, 0) is 0 Å². The van der Waals surface area contributed by atoms with Crippen LogP contribution in [0.3, 0.4) is 0 Å². The van der Waals surface area contributed by atoms with Gasteiger partial charge in [-0.15, -0.1) is 0 Å². The van der Waals surface area contributed by atoms with Gasteiger partial charge in [-0.2, -0.15) is 10.5 Å². The van der Waals surface area contributed by atoms with Crippen LogP contribution in [0.2, 0.25) is 0 Å². The summed E-state index contributed by atoms with van der Waals surface area (Å²) in [7, 11) is 2.19. The van der Waals surface area contributed by atoms with Crippen LogP contribution in [0.15, 0.2) is 0 Å². The van der Waals surface area contributed by atoms with Crippen LogP contribution in [0, 0.1) is 0 Å². The Bertz CT molecular complexity index is 103. The van der Waals surface area contributed by atoms with E-state index in [0.717, 1.165) is 14.2 Å². The normalized spacial score (nSPS) is 7.00. The minimum atomic E-state index is -1.10. The third-order valence-corrected chi connectivity index (χ3v) is 0.482. The topological polar surface area (TPSA) is 112 Å². The molecule has 0 saturated carbocycles. The van der Waals surface area contributed by atoms with Crippen LogP contribution in [-0.4, -0.2) is 37.0 Å². The van der Waals surface area contributed by atoms with Crippen molar-refractivity contribution in [3.8, 4) is 0 Å². The van der Waals surface area contributed by atoms with Gasteiger partial charge in [0.2, 0.25) is 0 Å². The van der Waals surface area contributed by atoms with Crippen molar-refractivity contribution in [1.29, 1.82) is 0 Å². The molecule has 2 N–H and O–H groups in total. The monoisotopic (exact) mass is 184 g/mol. The molecule has 0 rings (SSSR count). The fourth-order valence-corrected chi connectivity index (χ4v) is 0.0745. The van der Waals surface area contributed by atoms with Crippen LogP contribution in [0.25, 0.3) is 0 Å². The van der Waals surface area contributed by atoms with Crippen LogP contribution in [0.1, 0.15) is 0 Å². The van der Waals surface area contributed by atoms with Gasteiger partial charge in [0.05, 0.1) is 14.2 Å². The fourth-order valence-electron chi connectivity index (χ4n) is 0.0745. The zero-order chi connectivity index (χ0) is 9.98. The smallest absolute Gasteiger partial charge is 0.436 e. The fraction of sp³-hybridized carbons (Fsp3) is 0.500. The lowest BCUT2D eigenvalue weighted by atomic mass is 11.4. The summed E-state index contributed by atoms with van der Waals surface area (Å²) in [6, 6.07) is 0. The molecule has 0 saturated heterocycles. The third kappa shape index (κ3) is 11.3. The van der Waals surface area contributed by atoms with Crippen LogP contribution in [0.4, 0.5) is 9.59 Å². The average Bonchev–Trinajstić information content (AvgIpc) is 2.16. The first-order valence-electron chi connectivity index (χ1n) is 2.41. The highest BCUT2D eigenvalue weighted by Gasteiger charge is 1.92. The molecule has 0 aromatic carbocycles. The number of rotatable bonds is 0. The van der Waals surface area contributed by atoms with Crippen molar-refractivity contribution in [2.24, 2.45) is 0 Å². The largest absolute Gasteiger partial charge is 0.539 e. The Hall–Kier alpha value is -1.54. The van der Waals surface area contributed by atoms with Gasteiger partial charge in [-0.1, -0.05) is 0 Å². The van der Waals surface area contributed by atoms with E-state index in [2.05, 4.69) is 19.2 Å². The van der Waals surface area contributed by atoms with E-state index in [1.165, 1.54) is 0 Å². The summed E-state index contributed by atoms with van der Waals surface area (Å²) in [5.74, 6) is 0. The maximum Gasteiger partial charge on any atom is 0.539 e. The molecular formula is C4H8O8. The van der Waals surface area contributed by atoms with Gasteiger partial charge < -0.3 is 9.47 Å². The first-order valence-corrected chi connectivity index (χ1v) is 2.41. The summed E-state index contributed by atoms with van der Waals surface area (Å²) in [5, 5.41) is 14.7. The molecule has 8 nitrogen and oxygen atoms in total. The lowest BCUT2D eigenvalue weighted by molar-refractivity contribution is -0.197. The van der Waals surface area contributed by atoms with E-state index in [1.54, 1.807) is 0 Å². The van der Waals surface area contributed by atoms with Gasteiger partial charge in [0.15, 0.2) is 0 Å². The molecule has 0 aliphatic carbocycles. The summed E-state index contributed by atoms with van der Waals surface area (Å²) < 4.78 is 7.58. The Balaban J connectivity index is 0. The average molecular weight is 184 g/mol. The summed E-state index contributed by atoms with van der Waals surface area (Å²) in [5.41, 5.74) is 0. The molecule has 72 valence electrons. The molecule has 12 heavy (non-hydrogen) atoms. The number of carbonyl (C=O) groups is 2. The zero-order valence-corrected chi connectivity index (χ0v) is 6.34. The standard InChI is InChI=1S/2C2H4O4/c2*1-5-2(3)6-4/h2*4H,1H3. The molecule has 0 bridgehead atoms. The molecule has 0 aromatic rings. The lowest BCUT2D eigenvalue weighted by Crippen LogP contribution is -1.98. The van der Waals surface area contributed by atoms with Gasteiger partial charge in [-0.3, -0.25) is 9.78 Å². The Kier molecular flexibility index (Phi) is 10.3. The second kappa shape index (κ2) is 9.46. The van der Waals surface area contributed by atoms with Crippen molar-refractivity contribution >= 4 is 12.3 Å². The molecule has 0 unspecified atom stereocenters. The predicted octanol–water partition coefficient (Wildman–Crippen LogP) is 0.485. The molecule has 0 aromatic heterocycles. The van der Waals surface area contributed by atoms with Crippen molar-refractivity contribution in [2.45, 2.75) is 0 Å². The van der Waals surface area contributed by atoms with E-state index in [0.29, 0.717) is 0 Å². The lowest BCUT2D eigenvalue weighted by Gasteiger charge is -1.86. The summed E-state index contributed by atoms with van der Waals surface area (Å²) in [6.45, 7) is 0. The van der Waals surface area contributed by atoms with Gasteiger partial charge >= 0.3 is 12.3 Å². The molecule has 0 spiro atoms. The van der Waals surface area contributed by atoms with Gasteiger partial charge in [0.25, 0.3) is 0 Å². The first-order chi connectivity index (χ1) is 5.62. The molecule has 0 aliphatic rings. The van der Waals surface area contributed by atoms with Crippen molar-refractivity contribution in [3.63, 3.8) is 0 Å². The molecule has 0 radical (unpaired) electrons. The molecule has 0 fully saturated rings. The summed E-state index contributed by atoms with van der Waals surface area (Å²) >= 11 is 0. The number of hydrogen-bond acceptors (Lipinski definition) is 8.